The van der Waals surface area contributed by atoms with Crippen LogP contribution in [0.3, 0.4) is 0 Å². The first kappa shape index (κ1) is 9.34. The first-order valence-electron chi connectivity index (χ1n) is 4.11. The van der Waals surface area contributed by atoms with Crippen LogP contribution in [-0.4, -0.2) is 5.78 Å². The average molecular weight is 181 g/mol. The molecule has 1 fully saturated rings. The van der Waals surface area contributed by atoms with E-state index in [2.05, 4.69) is 0 Å². The van der Waals surface area contributed by atoms with Gasteiger partial charge in [0.1, 0.15) is 5.40 Å². The van der Waals surface area contributed by atoms with E-state index in [4.69, 9.17) is 5.26 Å². The quantitative estimate of drug-likeness (QED) is 0.354. The van der Waals surface area contributed by atoms with Gasteiger partial charge in [0.05, 0.1) is 0 Å². The summed E-state index contributed by atoms with van der Waals surface area (Å²) in [5.41, 5.74) is 0.846. The molecule has 0 N–H and O–H groups in total. The Kier molecular flexibility index (Phi) is 3.89. The van der Waals surface area contributed by atoms with E-state index in [1.165, 1.54) is 0 Å². The molecule has 0 radical (unpaired) electrons. The summed E-state index contributed by atoms with van der Waals surface area (Å²) < 4.78 is 0. The molecule has 0 aromatic carbocycles. The third-order valence-corrected chi connectivity index (χ3v) is 2.47. The molecule has 0 aromatic heterocycles. The van der Waals surface area contributed by atoms with Crippen molar-refractivity contribution in [2.24, 2.45) is 0 Å². The molecule has 0 unspecified atom stereocenters. The predicted octanol–water partition coefficient (Wildman–Crippen LogP) is 2.62. The van der Waals surface area contributed by atoms with E-state index >= 15 is 0 Å². The van der Waals surface area contributed by atoms with Gasteiger partial charge >= 0.3 is 0 Å². The van der Waals surface area contributed by atoms with Gasteiger partial charge in [-0.25, -0.2) is 0 Å². The molecule has 0 atom stereocenters. The van der Waals surface area contributed by atoms with Crippen LogP contribution in [0, 0.1) is 10.7 Å². The van der Waals surface area contributed by atoms with Crippen LogP contribution in [0.25, 0.3) is 0 Å². The number of thioether (sulfide) groups is 1. The van der Waals surface area contributed by atoms with Crippen LogP contribution >= 0.6 is 11.8 Å². The normalized spacial score (nSPS) is 21.9. The zero-order valence-electron chi connectivity index (χ0n) is 6.88. The van der Waals surface area contributed by atoms with Crippen LogP contribution < -0.4 is 0 Å². The Hall–Kier alpha value is -0.750. The number of rotatable bonds is 1. The highest BCUT2D eigenvalue weighted by atomic mass is 32.2. The highest BCUT2D eigenvalue weighted by Gasteiger charge is 2.12. The minimum atomic E-state index is 0.232. The fourth-order valence-corrected chi connectivity index (χ4v) is 1.74. The number of nitriles is 1. The molecule has 64 valence electrons. The van der Waals surface area contributed by atoms with Crippen LogP contribution in [0.4, 0.5) is 0 Å². The number of carbonyl (C=O) groups is 1. The largest absolute Gasteiger partial charge is 0.295 e. The number of nitrogens with zero attached hydrogens (tertiary/aromatic N) is 1. The molecular formula is C9H11NOS. The highest BCUT2D eigenvalue weighted by molar-refractivity contribution is 8.06. The molecule has 0 aliphatic heterocycles. The zero-order chi connectivity index (χ0) is 8.81. The molecule has 2 nitrogen and oxygen atoms in total. The molecule has 1 saturated carbocycles. The molecule has 0 saturated heterocycles. The number of hydrogen-bond donors (Lipinski definition) is 0. The smallest absolute Gasteiger partial charge is 0.159 e. The van der Waals surface area contributed by atoms with E-state index in [1.54, 1.807) is 5.41 Å². The van der Waals surface area contributed by atoms with Crippen molar-refractivity contribution in [3.8, 4) is 5.40 Å². The molecule has 1 rings (SSSR count). The van der Waals surface area contributed by atoms with Crippen LogP contribution in [0.5, 0.6) is 0 Å². The summed E-state index contributed by atoms with van der Waals surface area (Å²) in [5.74, 6) is 0.232. The molecule has 0 bridgehead atoms. The van der Waals surface area contributed by atoms with Gasteiger partial charge in [0.2, 0.25) is 0 Å². The Morgan fingerprint density at radius 1 is 1.33 bits per heavy atom. The SMILES string of the molecule is N#CS/C=C1/CCCCCC1=O. The molecule has 1 aliphatic rings. The van der Waals surface area contributed by atoms with E-state index in [0.717, 1.165) is 43.0 Å². The summed E-state index contributed by atoms with van der Waals surface area (Å²) >= 11 is 1.05. The van der Waals surface area contributed by atoms with E-state index in [1.807, 2.05) is 5.40 Å². The minimum Gasteiger partial charge on any atom is -0.295 e. The van der Waals surface area contributed by atoms with Gasteiger partial charge in [0.15, 0.2) is 5.78 Å². The summed E-state index contributed by atoms with van der Waals surface area (Å²) in [6.45, 7) is 0. The second kappa shape index (κ2) is 5.00. The minimum absolute atomic E-state index is 0.232. The van der Waals surface area contributed by atoms with E-state index < -0.39 is 0 Å². The molecule has 1 aliphatic carbocycles. The Bertz CT molecular complexity index is 239. The van der Waals surface area contributed by atoms with Crippen molar-refractivity contribution in [3.05, 3.63) is 11.0 Å². The number of allylic oxidation sites excluding steroid dienone is 1. The molecule has 0 amide bonds. The highest BCUT2D eigenvalue weighted by Crippen LogP contribution is 2.21. The Morgan fingerprint density at radius 3 is 2.83 bits per heavy atom. The first-order valence-corrected chi connectivity index (χ1v) is 4.99. The van der Waals surface area contributed by atoms with Gasteiger partial charge in [0.25, 0.3) is 0 Å². The van der Waals surface area contributed by atoms with Crippen LogP contribution in [0.1, 0.15) is 32.1 Å². The lowest BCUT2D eigenvalue weighted by Crippen LogP contribution is -1.98. The van der Waals surface area contributed by atoms with Gasteiger partial charge in [-0.05, 0) is 36.4 Å². The molecule has 0 heterocycles. The maximum Gasteiger partial charge on any atom is 0.159 e. The van der Waals surface area contributed by atoms with Crippen molar-refractivity contribution in [1.29, 1.82) is 5.26 Å². The van der Waals surface area contributed by atoms with Gasteiger partial charge in [-0.15, -0.1) is 0 Å². The van der Waals surface area contributed by atoms with Gasteiger partial charge in [0, 0.05) is 12.0 Å². The third-order valence-electron chi connectivity index (χ3n) is 1.96. The van der Waals surface area contributed by atoms with E-state index in [0.29, 0.717) is 6.42 Å². The fourth-order valence-electron chi connectivity index (χ4n) is 1.30. The number of ketones is 1. The lowest BCUT2D eigenvalue weighted by atomic mass is 10.1. The summed E-state index contributed by atoms with van der Waals surface area (Å²) in [4.78, 5) is 11.3. The molecule has 3 heteroatoms. The topological polar surface area (TPSA) is 40.9 Å². The molecule has 0 aromatic rings. The van der Waals surface area contributed by atoms with Crippen molar-refractivity contribution >= 4 is 17.5 Å². The second-order valence-corrected chi connectivity index (χ2v) is 3.49. The maximum atomic E-state index is 11.3. The van der Waals surface area contributed by atoms with Crippen molar-refractivity contribution in [2.75, 3.05) is 0 Å². The number of carbonyl (C=O) groups excluding carboxylic acids is 1. The van der Waals surface area contributed by atoms with Crippen molar-refractivity contribution < 1.29 is 4.79 Å². The van der Waals surface area contributed by atoms with Gasteiger partial charge in [-0.1, -0.05) is 6.42 Å². The summed E-state index contributed by atoms with van der Waals surface area (Å²) in [7, 11) is 0. The van der Waals surface area contributed by atoms with Crippen molar-refractivity contribution in [1.82, 2.24) is 0 Å². The standard InChI is InChI=1S/C9H11NOS/c10-7-12-6-8-4-2-1-3-5-9(8)11/h6H,1-5H2/b8-6-. The Balaban J connectivity index is 2.60. The maximum absolute atomic E-state index is 11.3. The second-order valence-electron chi connectivity index (χ2n) is 2.84. The van der Waals surface area contributed by atoms with Gasteiger partial charge in [-0.2, -0.15) is 5.26 Å². The van der Waals surface area contributed by atoms with Crippen LogP contribution in [0.2, 0.25) is 0 Å². The van der Waals surface area contributed by atoms with E-state index in [-0.39, 0.29) is 5.78 Å². The Morgan fingerprint density at radius 2 is 2.08 bits per heavy atom. The average Bonchev–Trinajstić information content (AvgIpc) is 2.27. The summed E-state index contributed by atoms with van der Waals surface area (Å²) in [6, 6.07) is 0. The van der Waals surface area contributed by atoms with E-state index in [9.17, 15) is 4.79 Å². The summed E-state index contributed by atoms with van der Waals surface area (Å²) in [6.07, 6.45) is 4.75. The van der Waals surface area contributed by atoms with Gasteiger partial charge < -0.3 is 0 Å². The molecular weight excluding hydrogens is 170 g/mol. The Labute approximate surface area is 76.6 Å². The lowest BCUT2D eigenvalue weighted by Gasteiger charge is -1.97. The van der Waals surface area contributed by atoms with Gasteiger partial charge in [-0.3, -0.25) is 4.79 Å². The molecule has 0 spiro atoms. The first-order chi connectivity index (χ1) is 5.84. The fraction of sp³-hybridized carbons (Fsp3) is 0.556. The van der Waals surface area contributed by atoms with Crippen LogP contribution in [-0.2, 0) is 4.79 Å². The zero-order valence-corrected chi connectivity index (χ0v) is 7.69. The van der Waals surface area contributed by atoms with Crippen molar-refractivity contribution in [2.45, 2.75) is 32.1 Å². The summed E-state index contributed by atoms with van der Waals surface area (Å²) in [5, 5.41) is 12.0. The number of Topliss-reactive ketones (excluding diaryl/α,β-unsaturated/α-hetero) is 1. The lowest BCUT2D eigenvalue weighted by molar-refractivity contribution is -0.115. The van der Waals surface area contributed by atoms with Crippen molar-refractivity contribution in [3.63, 3.8) is 0 Å². The number of hydrogen-bond acceptors (Lipinski definition) is 3. The third kappa shape index (κ3) is 2.71. The van der Waals surface area contributed by atoms with Crippen LogP contribution in [0.15, 0.2) is 11.0 Å². The monoisotopic (exact) mass is 181 g/mol. The number of thiocyanates is 1. The predicted molar refractivity (Wildman–Crippen MR) is 49.4 cm³/mol. The molecule has 12 heavy (non-hydrogen) atoms.